The first-order valence-electron chi connectivity index (χ1n) is 6.91. The summed E-state index contributed by atoms with van der Waals surface area (Å²) in [5, 5.41) is 7.00. The Hall–Kier alpha value is -1.87. The molecule has 0 saturated carbocycles. The van der Waals surface area contributed by atoms with Crippen LogP contribution >= 0.6 is 11.8 Å². The first kappa shape index (κ1) is 17.5. The summed E-state index contributed by atoms with van der Waals surface area (Å²) in [6.07, 6.45) is 0.711. The third-order valence-electron chi connectivity index (χ3n) is 2.97. The number of alkyl halides is 2. The van der Waals surface area contributed by atoms with Gasteiger partial charge in [-0.1, -0.05) is 23.9 Å². The summed E-state index contributed by atoms with van der Waals surface area (Å²) < 4.78 is 35.0. The molecule has 0 radical (unpaired) electrons. The molecule has 2 rings (SSSR count). The predicted molar refractivity (Wildman–Crippen MR) is 82.0 cm³/mol. The number of rotatable bonds is 9. The third kappa shape index (κ3) is 5.36. The van der Waals surface area contributed by atoms with Crippen LogP contribution < -0.4 is 10.4 Å². The molecular weight excluding hydrogens is 328 g/mol. The van der Waals surface area contributed by atoms with Gasteiger partial charge in [0.05, 0.1) is 0 Å². The molecule has 0 amide bonds. The van der Waals surface area contributed by atoms with Gasteiger partial charge in [0.2, 0.25) is 0 Å². The monoisotopic (exact) mass is 345 g/mol. The maximum atomic E-state index is 12.1. The number of thioether (sulfide) groups is 1. The van der Waals surface area contributed by atoms with E-state index in [1.165, 1.54) is 23.9 Å². The number of hydrogen-bond acceptors (Lipinski definition) is 5. The highest BCUT2D eigenvalue weighted by molar-refractivity contribution is 7.98. The van der Waals surface area contributed by atoms with Gasteiger partial charge in [-0.15, -0.1) is 5.10 Å². The molecule has 2 aromatic rings. The van der Waals surface area contributed by atoms with E-state index in [4.69, 9.17) is 4.74 Å². The van der Waals surface area contributed by atoms with Gasteiger partial charge >= 0.3 is 12.3 Å². The molecule has 9 heteroatoms. The van der Waals surface area contributed by atoms with Gasteiger partial charge in [-0.25, -0.2) is 9.89 Å². The second-order valence-corrected chi connectivity index (χ2v) is 5.56. The number of nitrogens with zero attached hydrogens (tertiary/aromatic N) is 2. The van der Waals surface area contributed by atoms with Crippen LogP contribution in [0.15, 0.2) is 34.2 Å². The van der Waals surface area contributed by atoms with E-state index in [2.05, 4.69) is 14.9 Å². The van der Waals surface area contributed by atoms with Crippen molar-refractivity contribution in [2.45, 2.75) is 30.5 Å². The van der Waals surface area contributed by atoms with Crippen LogP contribution in [0.3, 0.4) is 0 Å². The van der Waals surface area contributed by atoms with Crippen LogP contribution in [0.4, 0.5) is 8.78 Å². The van der Waals surface area contributed by atoms with Crippen LogP contribution in [-0.2, 0) is 17.0 Å². The lowest BCUT2D eigenvalue weighted by Crippen LogP contribution is -2.18. The van der Waals surface area contributed by atoms with Crippen molar-refractivity contribution >= 4 is 11.8 Å². The molecule has 6 nitrogen and oxygen atoms in total. The maximum absolute atomic E-state index is 12.1. The molecular formula is C14H17F2N3O3S. The highest BCUT2D eigenvalue weighted by atomic mass is 32.2. The lowest BCUT2D eigenvalue weighted by atomic mass is 10.2. The summed E-state index contributed by atoms with van der Waals surface area (Å²) in [6, 6.07) is 6.37. The van der Waals surface area contributed by atoms with Gasteiger partial charge in [-0.2, -0.15) is 8.78 Å². The van der Waals surface area contributed by atoms with E-state index in [0.717, 1.165) is 5.56 Å². The van der Waals surface area contributed by atoms with E-state index < -0.39 is 6.61 Å². The number of aromatic amines is 1. The summed E-state index contributed by atoms with van der Waals surface area (Å²) in [6.45, 7) is -1.75. The Morgan fingerprint density at radius 3 is 2.74 bits per heavy atom. The fraction of sp³-hybridized carbons (Fsp3) is 0.429. The molecule has 126 valence electrons. The normalized spacial score (nSPS) is 11.1. The highest BCUT2D eigenvalue weighted by Crippen LogP contribution is 2.22. The summed E-state index contributed by atoms with van der Waals surface area (Å²) in [7, 11) is 1.61. The zero-order valence-electron chi connectivity index (χ0n) is 12.5. The van der Waals surface area contributed by atoms with Gasteiger partial charge in [0.15, 0.2) is 5.16 Å². The fourth-order valence-corrected chi connectivity index (χ4v) is 2.82. The van der Waals surface area contributed by atoms with Crippen molar-refractivity contribution in [2.75, 3.05) is 13.7 Å². The van der Waals surface area contributed by atoms with Gasteiger partial charge in [0.1, 0.15) is 5.75 Å². The number of ether oxygens (including phenoxy) is 2. The van der Waals surface area contributed by atoms with E-state index in [-0.39, 0.29) is 11.4 Å². The Bertz CT molecular complexity index is 658. The average Bonchev–Trinajstić information content (AvgIpc) is 2.87. The number of H-pyrrole nitrogens is 1. The van der Waals surface area contributed by atoms with Crippen LogP contribution in [0, 0.1) is 0 Å². The number of nitrogens with one attached hydrogen (secondary N) is 1. The Morgan fingerprint density at radius 2 is 2.09 bits per heavy atom. The number of benzene rings is 1. The van der Waals surface area contributed by atoms with Crippen LogP contribution in [0.1, 0.15) is 12.0 Å². The zero-order valence-corrected chi connectivity index (χ0v) is 13.3. The highest BCUT2D eigenvalue weighted by Gasteiger charge is 2.09. The van der Waals surface area contributed by atoms with Gasteiger partial charge in [0.25, 0.3) is 0 Å². The molecule has 1 heterocycles. The third-order valence-corrected chi connectivity index (χ3v) is 4.02. The lowest BCUT2D eigenvalue weighted by Gasteiger charge is -2.07. The Labute approximate surface area is 135 Å². The van der Waals surface area contributed by atoms with Crippen molar-refractivity contribution in [3.63, 3.8) is 0 Å². The zero-order chi connectivity index (χ0) is 16.7. The number of aromatic nitrogens is 3. The molecule has 0 aliphatic carbocycles. The summed E-state index contributed by atoms with van der Waals surface area (Å²) >= 11 is 1.39. The number of methoxy groups -OCH3 is 1. The van der Waals surface area contributed by atoms with Gasteiger partial charge in [-0.05, 0) is 24.1 Å². The molecule has 0 atom stereocenters. The molecule has 1 aromatic heterocycles. The number of hydrogen-bond donors (Lipinski definition) is 1. The molecule has 0 unspecified atom stereocenters. The van der Waals surface area contributed by atoms with Crippen molar-refractivity contribution in [1.82, 2.24) is 14.8 Å². The molecule has 1 N–H and O–H groups in total. The summed E-state index contributed by atoms with van der Waals surface area (Å²) in [5.74, 6) is 0.675. The smallest absolute Gasteiger partial charge is 0.387 e. The second-order valence-electron chi connectivity index (χ2n) is 4.62. The first-order valence-corrected chi connectivity index (χ1v) is 7.89. The summed E-state index contributed by atoms with van der Waals surface area (Å²) in [5.41, 5.74) is 0.653. The first-order chi connectivity index (χ1) is 11.1. The fourth-order valence-electron chi connectivity index (χ4n) is 1.89. The molecule has 0 spiro atoms. The van der Waals surface area contributed by atoms with Gasteiger partial charge in [-0.3, -0.25) is 4.57 Å². The van der Waals surface area contributed by atoms with E-state index in [1.807, 2.05) is 0 Å². The van der Waals surface area contributed by atoms with Crippen molar-refractivity contribution in [1.29, 1.82) is 0 Å². The second kappa shape index (κ2) is 8.68. The SMILES string of the molecule is COCCCn1c(SCc2ccc(OC(F)F)cc2)n[nH]c1=O. The molecule has 0 aliphatic heterocycles. The largest absolute Gasteiger partial charge is 0.435 e. The van der Waals surface area contributed by atoms with E-state index in [1.54, 1.807) is 23.8 Å². The molecule has 0 fully saturated rings. The minimum atomic E-state index is -2.83. The lowest BCUT2D eigenvalue weighted by molar-refractivity contribution is -0.0498. The molecule has 0 saturated heterocycles. The average molecular weight is 345 g/mol. The number of halogens is 2. The predicted octanol–water partition coefficient (Wildman–Crippen LogP) is 2.50. The molecule has 23 heavy (non-hydrogen) atoms. The van der Waals surface area contributed by atoms with Crippen LogP contribution in [0.2, 0.25) is 0 Å². The van der Waals surface area contributed by atoms with Crippen molar-refractivity contribution in [3.8, 4) is 5.75 Å². The maximum Gasteiger partial charge on any atom is 0.387 e. The minimum Gasteiger partial charge on any atom is -0.435 e. The molecule has 0 bridgehead atoms. The molecule has 0 aliphatic rings. The van der Waals surface area contributed by atoms with Gasteiger partial charge < -0.3 is 9.47 Å². The van der Waals surface area contributed by atoms with E-state index >= 15 is 0 Å². The Balaban J connectivity index is 1.94. The Morgan fingerprint density at radius 1 is 1.35 bits per heavy atom. The van der Waals surface area contributed by atoms with Crippen molar-refractivity contribution < 1.29 is 18.3 Å². The van der Waals surface area contributed by atoms with Crippen LogP contribution in [-0.4, -0.2) is 35.1 Å². The van der Waals surface area contributed by atoms with Crippen molar-refractivity contribution in [3.05, 3.63) is 40.3 Å². The van der Waals surface area contributed by atoms with E-state index in [0.29, 0.717) is 30.5 Å². The minimum absolute atomic E-state index is 0.116. The topological polar surface area (TPSA) is 69.1 Å². The Kier molecular flexibility index (Phi) is 6.60. The van der Waals surface area contributed by atoms with Crippen LogP contribution in [0.25, 0.3) is 0 Å². The quantitative estimate of drug-likeness (QED) is 0.559. The van der Waals surface area contributed by atoms with Crippen molar-refractivity contribution in [2.24, 2.45) is 0 Å². The standard InChI is InChI=1S/C14H17F2N3O3S/c1-21-8-2-7-19-13(20)17-18-14(19)23-9-10-3-5-11(6-4-10)22-12(15)16/h3-6,12H,2,7-9H2,1H3,(H,17,20). The molecule has 1 aromatic carbocycles. The summed E-state index contributed by atoms with van der Waals surface area (Å²) in [4.78, 5) is 11.7. The van der Waals surface area contributed by atoms with Gasteiger partial charge in [0, 0.05) is 26.0 Å². The van der Waals surface area contributed by atoms with E-state index in [9.17, 15) is 13.6 Å². The van der Waals surface area contributed by atoms with Crippen LogP contribution in [0.5, 0.6) is 5.75 Å².